The van der Waals surface area contributed by atoms with Gasteiger partial charge in [-0.15, -0.1) is 0 Å². The third-order valence-electron chi connectivity index (χ3n) is 8.40. The molecule has 2 unspecified atom stereocenters. The number of aromatic nitrogens is 2. The van der Waals surface area contributed by atoms with E-state index in [4.69, 9.17) is 0 Å². The van der Waals surface area contributed by atoms with Crippen LogP contribution in [0, 0.1) is 11.8 Å². The molecule has 1 aromatic heterocycles. The van der Waals surface area contributed by atoms with Crippen LogP contribution in [0.4, 0.5) is 0 Å². The molecule has 9 nitrogen and oxygen atoms in total. The molecule has 1 saturated carbocycles. The molecule has 1 N–H and O–H groups in total. The number of carbonyl (C=O) groups excluding carboxylic acids is 4. The number of likely N-dealkylation sites (tertiary alicyclic amines) is 2. The van der Waals surface area contributed by atoms with Crippen molar-refractivity contribution in [3.05, 3.63) is 84.2 Å². The van der Waals surface area contributed by atoms with Crippen molar-refractivity contribution in [2.24, 2.45) is 11.8 Å². The Bertz CT molecular complexity index is 1420. The van der Waals surface area contributed by atoms with Crippen LogP contribution >= 0.6 is 0 Å². The molecule has 0 spiro atoms. The highest BCUT2D eigenvalue weighted by molar-refractivity contribution is 6.05. The fourth-order valence-electron chi connectivity index (χ4n) is 6.32. The van der Waals surface area contributed by atoms with E-state index in [0.717, 1.165) is 5.69 Å². The van der Waals surface area contributed by atoms with Crippen molar-refractivity contribution in [1.82, 2.24) is 24.9 Å². The Labute approximate surface area is 226 Å². The van der Waals surface area contributed by atoms with E-state index in [1.807, 2.05) is 44.3 Å². The standard InChI is InChI=1S/C30H31N5O4/c1-19(2)23-17-30(23,32-27(37)20-9-11-22(12-10-20)35-15-6-14-31-35)29(39)33-16-13-24-26(33)25(36)18-34(24)28(38)21-7-4-3-5-8-21/h3-12,14-15,19,23-24,26H,13,16-18H2,1-2H3,(H,32,37)/t23?,24-,26+,30?/m1/s1. The average molecular weight is 526 g/mol. The summed E-state index contributed by atoms with van der Waals surface area (Å²) in [5, 5.41) is 7.26. The number of amides is 3. The zero-order valence-corrected chi connectivity index (χ0v) is 22.0. The Kier molecular flexibility index (Phi) is 6.09. The van der Waals surface area contributed by atoms with Crippen molar-refractivity contribution in [3.63, 3.8) is 0 Å². The van der Waals surface area contributed by atoms with Crippen LogP contribution in [0.1, 0.15) is 47.4 Å². The minimum absolute atomic E-state index is 0.0115. The van der Waals surface area contributed by atoms with Crippen LogP contribution in [-0.4, -0.2) is 73.8 Å². The van der Waals surface area contributed by atoms with Crippen molar-refractivity contribution in [2.75, 3.05) is 13.1 Å². The van der Waals surface area contributed by atoms with Gasteiger partial charge in [0.25, 0.3) is 11.8 Å². The normalized spacial score (nSPS) is 25.6. The number of Topliss-reactive ketones (excluding diaryl/α,β-unsaturated/α-hetero) is 1. The van der Waals surface area contributed by atoms with Gasteiger partial charge in [-0.25, -0.2) is 4.68 Å². The number of rotatable bonds is 6. The van der Waals surface area contributed by atoms with Gasteiger partial charge in [0, 0.05) is 30.1 Å². The Morgan fingerprint density at radius 1 is 0.974 bits per heavy atom. The van der Waals surface area contributed by atoms with Crippen molar-refractivity contribution < 1.29 is 19.2 Å². The lowest BCUT2D eigenvalue weighted by atomic mass is 10.0. The molecule has 200 valence electrons. The topological polar surface area (TPSA) is 105 Å². The van der Waals surface area contributed by atoms with Gasteiger partial charge in [0.05, 0.1) is 18.3 Å². The molecular formula is C30H31N5O4. The minimum atomic E-state index is -1.06. The Balaban J connectivity index is 1.21. The molecule has 39 heavy (non-hydrogen) atoms. The van der Waals surface area contributed by atoms with Crippen LogP contribution in [0.15, 0.2) is 73.1 Å². The number of hydrogen-bond donors (Lipinski definition) is 1. The molecule has 3 aliphatic rings. The van der Waals surface area contributed by atoms with Gasteiger partial charge in [0.15, 0.2) is 5.78 Å². The Hall–Kier alpha value is -4.27. The van der Waals surface area contributed by atoms with Gasteiger partial charge in [-0.3, -0.25) is 19.2 Å². The fraction of sp³-hybridized carbons (Fsp3) is 0.367. The molecule has 3 heterocycles. The van der Waals surface area contributed by atoms with E-state index in [1.54, 1.807) is 57.1 Å². The van der Waals surface area contributed by atoms with E-state index in [-0.39, 0.29) is 47.9 Å². The summed E-state index contributed by atoms with van der Waals surface area (Å²) in [7, 11) is 0. The predicted molar refractivity (Wildman–Crippen MR) is 143 cm³/mol. The molecule has 2 aliphatic heterocycles. The number of nitrogens with one attached hydrogen (secondary N) is 1. The van der Waals surface area contributed by atoms with E-state index in [2.05, 4.69) is 10.4 Å². The summed E-state index contributed by atoms with van der Waals surface area (Å²) in [4.78, 5) is 57.0. The summed E-state index contributed by atoms with van der Waals surface area (Å²) in [5.41, 5.74) is 0.743. The monoisotopic (exact) mass is 525 g/mol. The largest absolute Gasteiger partial charge is 0.337 e. The second-order valence-corrected chi connectivity index (χ2v) is 11.0. The molecule has 0 bridgehead atoms. The van der Waals surface area contributed by atoms with Gasteiger partial charge in [-0.2, -0.15) is 5.10 Å². The fourth-order valence-corrected chi connectivity index (χ4v) is 6.32. The quantitative estimate of drug-likeness (QED) is 0.533. The lowest BCUT2D eigenvalue weighted by Gasteiger charge is -2.29. The van der Waals surface area contributed by atoms with Gasteiger partial charge in [0.2, 0.25) is 5.91 Å². The summed E-state index contributed by atoms with van der Waals surface area (Å²) in [6, 6.07) is 16.8. The average Bonchev–Trinajstić information content (AvgIpc) is 3.31. The first-order valence-corrected chi connectivity index (χ1v) is 13.4. The molecule has 4 atom stereocenters. The van der Waals surface area contributed by atoms with Gasteiger partial charge in [-0.05, 0) is 67.1 Å². The number of hydrogen-bond acceptors (Lipinski definition) is 5. The predicted octanol–water partition coefficient (Wildman–Crippen LogP) is 2.71. The van der Waals surface area contributed by atoms with Crippen LogP contribution in [-0.2, 0) is 9.59 Å². The van der Waals surface area contributed by atoms with Gasteiger partial charge >= 0.3 is 0 Å². The third-order valence-corrected chi connectivity index (χ3v) is 8.40. The van der Waals surface area contributed by atoms with E-state index >= 15 is 0 Å². The SMILES string of the molecule is CC(C)C1CC1(NC(=O)c1ccc(-n2cccn2)cc1)C(=O)N1CC[C@@H]2[C@H]1C(=O)CN2C(=O)c1ccccc1. The molecule has 3 aromatic rings. The summed E-state index contributed by atoms with van der Waals surface area (Å²) in [5.74, 6) is -0.739. The first-order chi connectivity index (χ1) is 18.8. The van der Waals surface area contributed by atoms with Crippen LogP contribution in [0.3, 0.4) is 0 Å². The molecule has 2 aromatic carbocycles. The molecule has 3 amide bonds. The molecule has 1 aliphatic carbocycles. The van der Waals surface area contributed by atoms with Crippen LogP contribution in [0.2, 0.25) is 0 Å². The van der Waals surface area contributed by atoms with Crippen molar-refractivity contribution >= 4 is 23.5 Å². The zero-order valence-electron chi connectivity index (χ0n) is 22.0. The lowest BCUT2D eigenvalue weighted by Crippen LogP contribution is -2.55. The van der Waals surface area contributed by atoms with Crippen LogP contribution in [0.25, 0.3) is 5.69 Å². The third kappa shape index (κ3) is 4.22. The minimum Gasteiger partial charge on any atom is -0.337 e. The molecule has 3 fully saturated rings. The van der Waals surface area contributed by atoms with E-state index < -0.39 is 11.6 Å². The van der Waals surface area contributed by atoms with Crippen LogP contribution in [0.5, 0.6) is 0 Å². The second kappa shape index (κ2) is 9.48. The summed E-state index contributed by atoms with van der Waals surface area (Å²) in [6.45, 7) is 4.44. The Morgan fingerprint density at radius 2 is 1.72 bits per heavy atom. The highest BCUT2D eigenvalue weighted by Crippen LogP contribution is 2.51. The summed E-state index contributed by atoms with van der Waals surface area (Å²) >= 11 is 0. The number of ketones is 1. The number of benzene rings is 2. The Morgan fingerprint density at radius 3 is 2.36 bits per heavy atom. The van der Waals surface area contributed by atoms with E-state index in [9.17, 15) is 19.2 Å². The van der Waals surface area contributed by atoms with Gasteiger partial charge in [-0.1, -0.05) is 32.0 Å². The van der Waals surface area contributed by atoms with Crippen molar-refractivity contribution in [1.29, 1.82) is 0 Å². The van der Waals surface area contributed by atoms with Gasteiger partial charge in [0.1, 0.15) is 11.6 Å². The van der Waals surface area contributed by atoms with Crippen LogP contribution < -0.4 is 5.32 Å². The highest BCUT2D eigenvalue weighted by atomic mass is 16.2. The lowest BCUT2D eigenvalue weighted by molar-refractivity contribution is -0.139. The highest BCUT2D eigenvalue weighted by Gasteiger charge is 2.65. The molecule has 0 radical (unpaired) electrons. The van der Waals surface area contributed by atoms with E-state index in [1.165, 1.54) is 0 Å². The molecule has 2 saturated heterocycles. The molecule has 6 rings (SSSR count). The maximum absolute atomic E-state index is 14.1. The van der Waals surface area contributed by atoms with Gasteiger partial charge < -0.3 is 15.1 Å². The zero-order chi connectivity index (χ0) is 27.3. The summed E-state index contributed by atoms with van der Waals surface area (Å²) < 4.78 is 1.70. The smallest absolute Gasteiger partial charge is 0.254 e. The number of nitrogens with zero attached hydrogens (tertiary/aromatic N) is 4. The van der Waals surface area contributed by atoms with Crippen molar-refractivity contribution in [3.8, 4) is 5.69 Å². The summed E-state index contributed by atoms with van der Waals surface area (Å²) in [6.07, 6.45) is 4.56. The first-order valence-electron chi connectivity index (χ1n) is 13.4. The molecular weight excluding hydrogens is 494 g/mol. The number of carbonyl (C=O) groups is 4. The second-order valence-electron chi connectivity index (χ2n) is 11.0. The maximum atomic E-state index is 14.1. The maximum Gasteiger partial charge on any atom is 0.254 e. The first kappa shape index (κ1) is 25.0. The van der Waals surface area contributed by atoms with E-state index in [0.29, 0.717) is 30.5 Å². The van der Waals surface area contributed by atoms with Crippen molar-refractivity contribution in [2.45, 2.75) is 44.3 Å². The number of fused-ring (bicyclic) bond motifs is 1. The molecule has 9 heteroatoms.